The Hall–Kier alpha value is -0.770. The van der Waals surface area contributed by atoms with E-state index in [4.69, 9.17) is 4.74 Å². The highest BCUT2D eigenvalue weighted by Gasteiger charge is 1.95. The number of hydrogen-bond donors (Lipinski definition) is 2. The van der Waals surface area contributed by atoms with Crippen molar-refractivity contribution in [3.05, 3.63) is 0 Å². The summed E-state index contributed by atoms with van der Waals surface area (Å²) >= 11 is 0. The summed E-state index contributed by atoms with van der Waals surface area (Å²) in [5, 5.41) is 5.50. The van der Waals surface area contributed by atoms with E-state index in [1.165, 1.54) is 12.8 Å². The molecular formula is C9H20N2O2. The number of carbonyl (C=O) groups is 1. The summed E-state index contributed by atoms with van der Waals surface area (Å²) in [7, 11) is 3.52. The van der Waals surface area contributed by atoms with Crippen LogP contribution in [0.4, 0.5) is 4.79 Å². The van der Waals surface area contributed by atoms with Gasteiger partial charge in [-0.05, 0) is 26.4 Å². The summed E-state index contributed by atoms with van der Waals surface area (Å²) in [5.74, 6) is 0. The molecule has 0 saturated heterocycles. The van der Waals surface area contributed by atoms with E-state index in [0.717, 1.165) is 19.4 Å². The van der Waals surface area contributed by atoms with E-state index >= 15 is 0 Å². The maximum absolute atomic E-state index is 10.6. The van der Waals surface area contributed by atoms with Crippen LogP contribution in [-0.4, -0.2) is 33.3 Å². The number of hydrogen-bond acceptors (Lipinski definition) is 3. The van der Waals surface area contributed by atoms with Gasteiger partial charge in [0.25, 0.3) is 0 Å². The number of nitrogens with one attached hydrogen (secondary N) is 2. The van der Waals surface area contributed by atoms with Gasteiger partial charge in [0.1, 0.15) is 0 Å². The summed E-state index contributed by atoms with van der Waals surface area (Å²) in [6.07, 6.45) is 4.12. The maximum atomic E-state index is 10.6. The highest BCUT2D eigenvalue weighted by atomic mass is 16.5. The van der Waals surface area contributed by atoms with Crippen LogP contribution in [0.3, 0.4) is 0 Å². The van der Waals surface area contributed by atoms with Crippen molar-refractivity contribution >= 4 is 6.09 Å². The molecule has 0 aromatic heterocycles. The van der Waals surface area contributed by atoms with Crippen molar-refractivity contribution in [3.8, 4) is 0 Å². The van der Waals surface area contributed by atoms with Gasteiger partial charge >= 0.3 is 6.09 Å². The van der Waals surface area contributed by atoms with Gasteiger partial charge in [-0.3, -0.25) is 0 Å². The minimum atomic E-state index is -0.338. The number of rotatable bonds is 7. The molecule has 0 radical (unpaired) electrons. The first kappa shape index (κ1) is 12.2. The second-order valence-electron chi connectivity index (χ2n) is 2.90. The van der Waals surface area contributed by atoms with E-state index in [0.29, 0.717) is 6.61 Å². The summed E-state index contributed by atoms with van der Waals surface area (Å²) in [4.78, 5) is 10.6. The third kappa shape index (κ3) is 9.14. The smallest absolute Gasteiger partial charge is 0.406 e. The Bertz CT molecular complexity index is 129. The molecule has 0 unspecified atom stereocenters. The highest BCUT2D eigenvalue weighted by Crippen LogP contribution is 1.98. The minimum Gasteiger partial charge on any atom is -0.450 e. The molecule has 0 atom stereocenters. The van der Waals surface area contributed by atoms with E-state index in [9.17, 15) is 4.79 Å². The first-order valence-electron chi connectivity index (χ1n) is 4.80. The second kappa shape index (κ2) is 9.32. The van der Waals surface area contributed by atoms with Gasteiger partial charge < -0.3 is 15.4 Å². The topological polar surface area (TPSA) is 50.4 Å². The molecule has 0 aliphatic rings. The third-order valence-corrected chi connectivity index (χ3v) is 1.76. The predicted molar refractivity (Wildman–Crippen MR) is 52.8 cm³/mol. The Morgan fingerprint density at radius 3 is 2.46 bits per heavy atom. The van der Waals surface area contributed by atoms with Crippen LogP contribution >= 0.6 is 0 Å². The lowest BCUT2D eigenvalue weighted by Crippen LogP contribution is -2.19. The maximum Gasteiger partial charge on any atom is 0.406 e. The van der Waals surface area contributed by atoms with E-state index in [2.05, 4.69) is 10.6 Å². The molecule has 1 amide bonds. The summed E-state index contributed by atoms with van der Waals surface area (Å²) in [6.45, 7) is 1.59. The van der Waals surface area contributed by atoms with Crippen molar-refractivity contribution in [1.82, 2.24) is 10.6 Å². The van der Waals surface area contributed by atoms with Crippen LogP contribution in [0.15, 0.2) is 0 Å². The van der Waals surface area contributed by atoms with Crippen LogP contribution in [0.25, 0.3) is 0 Å². The van der Waals surface area contributed by atoms with Crippen molar-refractivity contribution in [3.63, 3.8) is 0 Å². The number of carbonyl (C=O) groups excluding carboxylic acids is 1. The van der Waals surface area contributed by atoms with Crippen LogP contribution in [0.5, 0.6) is 0 Å². The van der Waals surface area contributed by atoms with Crippen molar-refractivity contribution in [1.29, 1.82) is 0 Å². The molecule has 0 aliphatic carbocycles. The first-order valence-corrected chi connectivity index (χ1v) is 4.80. The van der Waals surface area contributed by atoms with E-state index < -0.39 is 0 Å². The molecule has 4 heteroatoms. The van der Waals surface area contributed by atoms with Gasteiger partial charge in [0.2, 0.25) is 0 Å². The first-order chi connectivity index (χ1) is 6.31. The van der Waals surface area contributed by atoms with Gasteiger partial charge in [0, 0.05) is 7.05 Å². The summed E-state index contributed by atoms with van der Waals surface area (Å²) < 4.78 is 4.83. The molecule has 0 bridgehead atoms. The lowest BCUT2D eigenvalue weighted by molar-refractivity contribution is 0.146. The summed E-state index contributed by atoms with van der Waals surface area (Å²) in [6, 6.07) is 0. The Labute approximate surface area is 80.0 Å². The van der Waals surface area contributed by atoms with Crippen LogP contribution < -0.4 is 10.6 Å². The van der Waals surface area contributed by atoms with E-state index in [1.54, 1.807) is 7.05 Å². The fourth-order valence-corrected chi connectivity index (χ4v) is 0.994. The molecule has 4 nitrogen and oxygen atoms in total. The fraction of sp³-hybridized carbons (Fsp3) is 0.889. The van der Waals surface area contributed by atoms with Gasteiger partial charge in [0.05, 0.1) is 6.61 Å². The molecule has 0 aromatic carbocycles. The molecule has 0 heterocycles. The molecule has 13 heavy (non-hydrogen) atoms. The summed E-state index contributed by atoms with van der Waals surface area (Å²) in [5.41, 5.74) is 0. The number of unbranched alkanes of at least 4 members (excludes halogenated alkanes) is 3. The quantitative estimate of drug-likeness (QED) is 0.589. The number of alkyl carbamates (subject to hydrolysis) is 1. The van der Waals surface area contributed by atoms with Crippen molar-refractivity contribution in [2.75, 3.05) is 27.2 Å². The van der Waals surface area contributed by atoms with Crippen molar-refractivity contribution < 1.29 is 9.53 Å². The van der Waals surface area contributed by atoms with E-state index in [1.807, 2.05) is 7.05 Å². The molecule has 2 N–H and O–H groups in total. The highest BCUT2D eigenvalue weighted by molar-refractivity contribution is 5.66. The third-order valence-electron chi connectivity index (χ3n) is 1.76. The zero-order valence-electron chi connectivity index (χ0n) is 8.56. The van der Waals surface area contributed by atoms with Gasteiger partial charge in [0.15, 0.2) is 0 Å². The Balaban J connectivity index is 2.95. The van der Waals surface area contributed by atoms with Gasteiger partial charge in [-0.15, -0.1) is 0 Å². The van der Waals surface area contributed by atoms with Crippen LogP contribution in [0, 0.1) is 0 Å². The average Bonchev–Trinajstić information content (AvgIpc) is 2.16. The number of amides is 1. The van der Waals surface area contributed by atoms with Crippen LogP contribution in [0.2, 0.25) is 0 Å². The normalized spacial score (nSPS) is 9.69. The molecule has 0 aliphatic heterocycles. The number of ether oxygens (including phenoxy) is 1. The SMILES string of the molecule is CNCCCCCCOC(=O)NC. The lowest BCUT2D eigenvalue weighted by Gasteiger charge is -2.03. The van der Waals surface area contributed by atoms with Crippen molar-refractivity contribution in [2.45, 2.75) is 25.7 Å². The lowest BCUT2D eigenvalue weighted by atomic mass is 10.2. The predicted octanol–water partition coefficient (Wildman–Crippen LogP) is 1.12. The molecule has 78 valence electrons. The van der Waals surface area contributed by atoms with Gasteiger partial charge in [-0.25, -0.2) is 4.79 Å². The Kier molecular flexibility index (Phi) is 8.77. The van der Waals surface area contributed by atoms with E-state index in [-0.39, 0.29) is 6.09 Å². The molecular weight excluding hydrogens is 168 g/mol. The minimum absolute atomic E-state index is 0.338. The average molecular weight is 188 g/mol. The standard InChI is InChI=1S/C9H20N2O2/c1-10-7-5-3-4-6-8-13-9(12)11-2/h10H,3-8H2,1-2H3,(H,11,12). The molecule has 0 spiro atoms. The largest absolute Gasteiger partial charge is 0.450 e. The molecule has 0 saturated carbocycles. The van der Waals surface area contributed by atoms with Crippen LogP contribution in [-0.2, 0) is 4.74 Å². The molecule has 0 rings (SSSR count). The second-order valence-corrected chi connectivity index (χ2v) is 2.90. The van der Waals surface area contributed by atoms with Gasteiger partial charge in [-0.1, -0.05) is 12.8 Å². The molecule has 0 aromatic rings. The Morgan fingerprint density at radius 1 is 1.15 bits per heavy atom. The zero-order valence-corrected chi connectivity index (χ0v) is 8.56. The fourth-order valence-electron chi connectivity index (χ4n) is 0.994. The monoisotopic (exact) mass is 188 g/mol. The Morgan fingerprint density at radius 2 is 1.85 bits per heavy atom. The van der Waals surface area contributed by atoms with Crippen LogP contribution in [0.1, 0.15) is 25.7 Å². The molecule has 0 fully saturated rings. The zero-order chi connectivity index (χ0) is 9.94. The van der Waals surface area contributed by atoms with Gasteiger partial charge in [-0.2, -0.15) is 0 Å². The van der Waals surface area contributed by atoms with Crippen molar-refractivity contribution in [2.24, 2.45) is 0 Å².